The number of hydrogen-bond acceptors (Lipinski definition) is 6. The predicted octanol–water partition coefficient (Wildman–Crippen LogP) is 0.312. The Kier molecular flexibility index (Phi) is 3.57. The number of ether oxygens (including phenoxy) is 1. The molecule has 0 aliphatic carbocycles. The number of carboxylic acid groups (broad SMARTS) is 1. The number of aromatic nitrogens is 3. The molecule has 9 nitrogen and oxygen atoms in total. The number of carbonyl (C=O) groups is 1. The zero-order chi connectivity index (χ0) is 14.8. The van der Waals surface area contributed by atoms with Crippen molar-refractivity contribution in [3.05, 3.63) is 29.8 Å². The Labute approximate surface area is 113 Å². The van der Waals surface area contributed by atoms with Crippen LogP contribution in [-0.4, -0.2) is 41.8 Å². The van der Waals surface area contributed by atoms with Crippen molar-refractivity contribution in [3.63, 3.8) is 0 Å². The standard InChI is InChI=1S/C10H10N4O5S/c1-19-10-11-9(12-13-10)14-20(17,18)7-4-2-6(3-5-7)8(15)16/h2-5H,1H3,(H,15,16)(H2,11,12,13,14). The molecule has 0 spiro atoms. The first-order chi connectivity index (χ1) is 9.42. The molecule has 2 rings (SSSR count). The summed E-state index contributed by atoms with van der Waals surface area (Å²) < 4.78 is 30.8. The summed E-state index contributed by atoms with van der Waals surface area (Å²) in [4.78, 5) is 14.3. The molecule has 1 aromatic carbocycles. The number of carboxylic acids is 1. The predicted molar refractivity (Wildman–Crippen MR) is 67.1 cm³/mol. The van der Waals surface area contributed by atoms with Crippen molar-refractivity contribution in [3.8, 4) is 6.01 Å². The third kappa shape index (κ3) is 2.85. The van der Waals surface area contributed by atoms with Crippen LogP contribution < -0.4 is 9.46 Å². The van der Waals surface area contributed by atoms with E-state index in [9.17, 15) is 13.2 Å². The lowest BCUT2D eigenvalue weighted by molar-refractivity contribution is 0.0696. The highest BCUT2D eigenvalue weighted by Crippen LogP contribution is 2.15. The first kappa shape index (κ1) is 13.8. The van der Waals surface area contributed by atoms with E-state index in [1.165, 1.54) is 31.4 Å². The molecule has 0 atom stereocenters. The second-order valence-electron chi connectivity index (χ2n) is 3.61. The maximum atomic E-state index is 12.0. The van der Waals surface area contributed by atoms with Crippen molar-refractivity contribution >= 4 is 21.9 Å². The van der Waals surface area contributed by atoms with Gasteiger partial charge in [-0.2, -0.15) is 4.98 Å². The number of methoxy groups -OCH3 is 1. The van der Waals surface area contributed by atoms with Gasteiger partial charge < -0.3 is 9.84 Å². The largest absolute Gasteiger partial charge is 0.478 e. The highest BCUT2D eigenvalue weighted by molar-refractivity contribution is 7.92. The van der Waals surface area contributed by atoms with E-state index in [4.69, 9.17) is 9.84 Å². The highest BCUT2D eigenvalue weighted by Gasteiger charge is 2.17. The zero-order valence-electron chi connectivity index (χ0n) is 10.2. The molecular formula is C10H10N4O5S. The Hall–Kier alpha value is -2.62. The van der Waals surface area contributed by atoms with Crippen LogP contribution in [0.25, 0.3) is 0 Å². The first-order valence-corrected chi connectivity index (χ1v) is 6.73. The number of rotatable bonds is 5. The summed E-state index contributed by atoms with van der Waals surface area (Å²) in [5.74, 6) is -1.24. The van der Waals surface area contributed by atoms with Crippen molar-refractivity contribution in [1.29, 1.82) is 0 Å². The Morgan fingerprint density at radius 3 is 2.50 bits per heavy atom. The van der Waals surface area contributed by atoms with E-state index in [2.05, 4.69) is 19.9 Å². The van der Waals surface area contributed by atoms with E-state index < -0.39 is 16.0 Å². The lowest BCUT2D eigenvalue weighted by Crippen LogP contribution is -2.14. The van der Waals surface area contributed by atoms with Crippen molar-refractivity contribution in [2.45, 2.75) is 4.90 Å². The van der Waals surface area contributed by atoms with Crippen LogP contribution in [0.3, 0.4) is 0 Å². The Bertz CT molecular complexity index is 722. The van der Waals surface area contributed by atoms with Gasteiger partial charge in [-0.25, -0.2) is 23.0 Å². The average Bonchev–Trinajstić information content (AvgIpc) is 2.85. The van der Waals surface area contributed by atoms with Crippen LogP contribution >= 0.6 is 0 Å². The zero-order valence-corrected chi connectivity index (χ0v) is 11.0. The van der Waals surface area contributed by atoms with Gasteiger partial charge >= 0.3 is 12.0 Å². The monoisotopic (exact) mass is 298 g/mol. The molecule has 106 valence electrons. The highest BCUT2D eigenvalue weighted by atomic mass is 32.2. The van der Waals surface area contributed by atoms with Crippen molar-refractivity contribution in [2.75, 3.05) is 11.8 Å². The summed E-state index contributed by atoms with van der Waals surface area (Å²) in [6.07, 6.45) is 0. The number of anilines is 1. The number of H-pyrrole nitrogens is 1. The van der Waals surface area contributed by atoms with Gasteiger partial charge in [0.05, 0.1) is 17.6 Å². The fraction of sp³-hybridized carbons (Fsp3) is 0.100. The molecule has 0 bridgehead atoms. The minimum atomic E-state index is -3.88. The van der Waals surface area contributed by atoms with Gasteiger partial charge in [0, 0.05) is 0 Å². The number of nitrogens with one attached hydrogen (secondary N) is 2. The van der Waals surface area contributed by atoms with Gasteiger partial charge in [-0.05, 0) is 24.3 Å². The van der Waals surface area contributed by atoms with Crippen LogP contribution in [-0.2, 0) is 10.0 Å². The molecule has 10 heteroatoms. The third-order valence-corrected chi connectivity index (χ3v) is 3.64. The SMILES string of the molecule is COc1n[nH]c(NS(=O)(=O)c2ccc(C(=O)O)cc2)n1. The van der Waals surface area contributed by atoms with Gasteiger partial charge in [0.15, 0.2) is 0 Å². The van der Waals surface area contributed by atoms with Gasteiger partial charge in [-0.3, -0.25) is 0 Å². The van der Waals surface area contributed by atoms with E-state index in [0.29, 0.717) is 0 Å². The van der Waals surface area contributed by atoms with Crippen molar-refractivity contribution < 1.29 is 23.1 Å². The smallest absolute Gasteiger partial charge is 0.336 e. The lowest BCUT2D eigenvalue weighted by Gasteiger charge is -2.04. The molecule has 3 N–H and O–H groups in total. The Morgan fingerprint density at radius 2 is 2.00 bits per heavy atom. The van der Waals surface area contributed by atoms with Crippen LogP contribution in [0, 0.1) is 0 Å². The van der Waals surface area contributed by atoms with Crippen LogP contribution in [0.5, 0.6) is 6.01 Å². The molecule has 0 fully saturated rings. The second-order valence-corrected chi connectivity index (χ2v) is 5.29. The molecule has 0 amide bonds. The molecule has 0 saturated carbocycles. The molecule has 0 aliphatic heterocycles. The summed E-state index contributed by atoms with van der Waals surface area (Å²) in [5.41, 5.74) is -0.00900. The van der Waals surface area contributed by atoms with Crippen LogP contribution in [0.2, 0.25) is 0 Å². The van der Waals surface area contributed by atoms with Gasteiger partial charge in [0.2, 0.25) is 5.95 Å². The van der Waals surface area contributed by atoms with Gasteiger partial charge in [-0.1, -0.05) is 0 Å². The molecule has 20 heavy (non-hydrogen) atoms. The van der Waals surface area contributed by atoms with Gasteiger partial charge in [0.25, 0.3) is 10.0 Å². The minimum Gasteiger partial charge on any atom is -0.478 e. The topological polar surface area (TPSA) is 134 Å². The summed E-state index contributed by atoms with van der Waals surface area (Å²) in [6, 6.07) is 4.73. The van der Waals surface area contributed by atoms with Gasteiger partial charge in [-0.15, -0.1) is 5.10 Å². The van der Waals surface area contributed by atoms with Crippen LogP contribution in [0.15, 0.2) is 29.2 Å². The molecule has 0 unspecified atom stereocenters. The number of aromatic carboxylic acids is 1. The molecule has 0 saturated heterocycles. The fourth-order valence-corrected chi connectivity index (χ4v) is 2.30. The Balaban J connectivity index is 2.23. The van der Waals surface area contributed by atoms with E-state index in [0.717, 1.165) is 0 Å². The Morgan fingerprint density at radius 1 is 1.35 bits per heavy atom. The maximum Gasteiger partial charge on any atom is 0.336 e. The molecule has 1 aromatic heterocycles. The van der Waals surface area contributed by atoms with E-state index in [1.807, 2.05) is 0 Å². The quantitative estimate of drug-likeness (QED) is 0.723. The number of aromatic amines is 1. The molecule has 1 heterocycles. The molecular weight excluding hydrogens is 288 g/mol. The molecule has 0 radical (unpaired) electrons. The van der Waals surface area contributed by atoms with E-state index >= 15 is 0 Å². The second kappa shape index (κ2) is 5.17. The lowest BCUT2D eigenvalue weighted by atomic mass is 10.2. The third-order valence-electron chi connectivity index (χ3n) is 2.29. The van der Waals surface area contributed by atoms with Crippen LogP contribution in [0.4, 0.5) is 5.95 Å². The number of benzene rings is 1. The van der Waals surface area contributed by atoms with Crippen molar-refractivity contribution in [1.82, 2.24) is 15.2 Å². The molecule has 2 aromatic rings. The summed E-state index contributed by atoms with van der Waals surface area (Å²) in [6.45, 7) is 0. The fourth-order valence-electron chi connectivity index (χ4n) is 1.35. The first-order valence-electron chi connectivity index (χ1n) is 5.25. The normalized spacial score (nSPS) is 11.1. The summed E-state index contributed by atoms with van der Waals surface area (Å²) >= 11 is 0. The van der Waals surface area contributed by atoms with Crippen molar-refractivity contribution in [2.24, 2.45) is 0 Å². The van der Waals surface area contributed by atoms with Crippen LogP contribution in [0.1, 0.15) is 10.4 Å². The van der Waals surface area contributed by atoms with Gasteiger partial charge in [0.1, 0.15) is 0 Å². The maximum absolute atomic E-state index is 12.0. The van der Waals surface area contributed by atoms with E-state index in [1.54, 1.807) is 0 Å². The number of hydrogen-bond donors (Lipinski definition) is 3. The number of nitrogens with zero attached hydrogens (tertiary/aromatic N) is 2. The summed E-state index contributed by atoms with van der Waals surface area (Å²) in [7, 11) is -2.54. The summed E-state index contributed by atoms with van der Waals surface area (Å²) in [5, 5.41) is 14.7. The van der Waals surface area contributed by atoms with E-state index in [-0.39, 0.29) is 22.4 Å². The molecule has 0 aliphatic rings. The number of sulfonamides is 1. The average molecular weight is 298 g/mol. The minimum absolute atomic E-state index is 0.00900.